The Morgan fingerprint density at radius 3 is 2.48 bits per heavy atom. The molecule has 0 aliphatic rings. The number of nitrogens with one attached hydrogen (secondary N) is 1. The summed E-state index contributed by atoms with van der Waals surface area (Å²) in [5.41, 5.74) is 2.95. The van der Waals surface area contributed by atoms with Crippen molar-refractivity contribution in [3.8, 4) is 11.1 Å². The zero-order valence-electron chi connectivity index (χ0n) is 12.2. The molecule has 0 spiro atoms. The van der Waals surface area contributed by atoms with Gasteiger partial charge in [-0.1, -0.05) is 29.8 Å². The van der Waals surface area contributed by atoms with Gasteiger partial charge in [-0.25, -0.2) is 4.79 Å². The lowest BCUT2D eigenvalue weighted by Crippen LogP contribution is -2.33. The van der Waals surface area contributed by atoms with Crippen LogP contribution in [0.2, 0.25) is 0 Å². The van der Waals surface area contributed by atoms with Crippen LogP contribution in [0.1, 0.15) is 22.2 Å². The van der Waals surface area contributed by atoms with E-state index in [1.54, 1.807) is 6.92 Å². The normalized spacial score (nSPS) is 11.8. The number of aryl methyl sites for hydroxylation is 1. The highest BCUT2D eigenvalue weighted by Crippen LogP contribution is 2.29. The SMILES string of the molecule is CNC(=O)[C@@H](C)OC(=O)c1sccc1-c1ccc(C)cc1. The third-order valence-electron chi connectivity index (χ3n) is 3.11. The fraction of sp³-hybridized carbons (Fsp3) is 0.250. The van der Waals surface area contributed by atoms with Crippen molar-refractivity contribution in [1.82, 2.24) is 5.32 Å². The number of esters is 1. The van der Waals surface area contributed by atoms with Gasteiger partial charge in [-0.2, -0.15) is 0 Å². The molecule has 0 unspecified atom stereocenters. The molecule has 0 aliphatic heterocycles. The lowest BCUT2D eigenvalue weighted by molar-refractivity contribution is -0.128. The fourth-order valence-corrected chi connectivity index (χ4v) is 2.70. The number of amides is 1. The molecular formula is C16H17NO3S. The minimum Gasteiger partial charge on any atom is -0.448 e. The first-order valence-electron chi connectivity index (χ1n) is 6.60. The summed E-state index contributed by atoms with van der Waals surface area (Å²) in [4.78, 5) is 24.1. The average molecular weight is 303 g/mol. The number of carbonyl (C=O) groups is 2. The Balaban J connectivity index is 2.22. The van der Waals surface area contributed by atoms with E-state index in [1.807, 2.05) is 42.6 Å². The van der Waals surface area contributed by atoms with Gasteiger partial charge in [0.2, 0.25) is 0 Å². The predicted molar refractivity (Wildman–Crippen MR) is 83.4 cm³/mol. The number of hydrogen-bond acceptors (Lipinski definition) is 4. The second kappa shape index (κ2) is 6.54. The number of rotatable bonds is 4. The fourth-order valence-electron chi connectivity index (χ4n) is 1.90. The van der Waals surface area contributed by atoms with E-state index in [1.165, 1.54) is 18.4 Å². The van der Waals surface area contributed by atoms with Gasteiger partial charge in [0.1, 0.15) is 4.88 Å². The molecule has 1 aromatic heterocycles. The van der Waals surface area contributed by atoms with Crippen molar-refractivity contribution >= 4 is 23.2 Å². The molecule has 2 rings (SSSR count). The summed E-state index contributed by atoms with van der Waals surface area (Å²) in [6, 6.07) is 9.81. The average Bonchev–Trinajstić information content (AvgIpc) is 2.96. The topological polar surface area (TPSA) is 55.4 Å². The summed E-state index contributed by atoms with van der Waals surface area (Å²) in [5.74, 6) is -0.798. The molecule has 0 radical (unpaired) electrons. The van der Waals surface area contributed by atoms with E-state index in [2.05, 4.69) is 5.32 Å². The maximum absolute atomic E-state index is 12.2. The molecule has 0 fully saturated rings. The predicted octanol–water partition coefficient (Wildman–Crippen LogP) is 3.01. The summed E-state index contributed by atoms with van der Waals surface area (Å²) < 4.78 is 5.19. The van der Waals surface area contributed by atoms with E-state index in [-0.39, 0.29) is 5.91 Å². The molecule has 1 aromatic carbocycles. The number of hydrogen-bond donors (Lipinski definition) is 1. The van der Waals surface area contributed by atoms with E-state index < -0.39 is 12.1 Å². The zero-order valence-corrected chi connectivity index (χ0v) is 13.0. The highest BCUT2D eigenvalue weighted by Gasteiger charge is 2.21. The van der Waals surface area contributed by atoms with Crippen LogP contribution in [0, 0.1) is 6.92 Å². The van der Waals surface area contributed by atoms with E-state index in [0.717, 1.165) is 16.7 Å². The Morgan fingerprint density at radius 2 is 1.86 bits per heavy atom. The molecule has 1 heterocycles. The second-order valence-corrected chi connectivity index (χ2v) is 5.61. The van der Waals surface area contributed by atoms with Gasteiger partial charge in [0, 0.05) is 12.6 Å². The number of likely N-dealkylation sites (N-methyl/N-ethyl adjacent to an activating group) is 1. The van der Waals surface area contributed by atoms with Crippen LogP contribution in [-0.4, -0.2) is 25.0 Å². The Labute approximate surface area is 127 Å². The minimum atomic E-state index is -0.810. The number of ether oxygens (including phenoxy) is 1. The molecular weight excluding hydrogens is 286 g/mol. The first-order chi connectivity index (χ1) is 10.0. The van der Waals surface area contributed by atoms with Crippen LogP contribution >= 0.6 is 11.3 Å². The quantitative estimate of drug-likeness (QED) is 0.883. The molecule has 1 N–H and O–H groups in total. The second-order valence-electron chi connectivity index (χ2n) is 4.69. The molecule has 4 nitrogen and oxygen atoms in total. The van der Waals surface area contributed by atoms with Crippen molar-refractivity contribution in [1.29, 1.82) is 0 Å². The van der Waals surface area contributed by atoms with Crippen molar-refractivity contribution in [2.24, 2.45) is 0 Å². The maximum Gasteiger partial charge on any atom is 0.349 e. The van der Waals surface area contributed by atoms with Gasteiger partial charge in [0.05, 0.1) is 0 Å². The van der Waals surface area contributed by atoms with E-state index in [4.69, 9.17) is 4.74 Å². The molecule has 0 aliphatic carbocycles. The van der Waals surface area contributed by atoms with Gasteiger partial charge in [0.25, 0.3) is 5.91 Å². The third-order valence-corrected chi connectivity index (χ3v) is 4.01. The summed E-state index contributed by atoms with van der Waals surface area (Å²) in [6.45, 7) is 3.56. The van der Waals surface area contributed by atoms with Gasteiger partial charge in [-0.15, -0.1) is 11.3 Å². The first-order valence-corrected chi connectivity index (χ1v) is 7.48. The van der Waals surface area contributed by atoms with Crippen molar-refractivity contribution < 1.29 is 14.3 Å². The molecule has 2 aromatic rings. The summed E-state index contributed by atoms with van der Waals surface area (Å²) in [7, 11) is 1.51. The smallest absolute Gasteiger partial charge is 0.349 e. The van der Waals surface area contributed by atoms with Crippen molar-refractivity contribution in [3.63, 3.8) is 0 Å². The third kappa shape index (κ3) is 3.49. The van der Waals surface area contributed by atoms with Gasteiger partial charge in [-0.05, 0) is 30.9 Å². The van der Waals surface area contributed by atoms with E-state index in [9.17, 15) is 9.59 Å². The van der Waals surface area contributed by atoms with Crippen molar-refractivity contribution in [3.05, 3.63) is 46.2 Å². The van der Waals surface area contributed by atoms with Crippen molar-refractivity contribution in [2.75, 3.05) is 7.05 Å². The maximum atomic E-state index is 12.2. The molecule has 0 bridgehead atoms. The van der Waals surface area contributed by atoms with Crippen LogP contribution in [0.15, 0.2) is 35.7 Å². The van der Waals surface area contributed by atoms with Crippen LogP contribution in [-0.2, 0) is 9.53 Å². The highest BCUT2D eigenvalue weighted by atomic mass is 32.1. The molecule has 110 valence electrons. The van der Waals surface area contributed by atoms with Crippen LogP contribution in [0.25, 0.3) is 11.1 Å². The van der Waals surface area contributed by atoms with Crippen LogP contribution in [0.4, 0.5) is 0 Å². The minimum absolute atomic E-state index is 0.322. The van der Waals surface area contributed by atoms with Gasteiger partial charge < -0.3 is 10.1 Å². The molecule has 1 amide bonds. The molecule has 21 heavy (non-hydrogen) atoms. The van der Waals surface area contributed by atoms with Crippen molar-refractivity contribution in [2.45, 2.75) is 20.0 Å². The van der Waals surface area contributed by atoms with Gasteiger partial charge in [-0.3, -0.25) is 4.79 Å². The standard InChI is InChI=1S/C16H17NO3S/c1-10-4-6-12(7-5-10)13-8-9-21-14(13)16(19)20-11(2)15(18)17-3/h4-9,11H,1-3H3,(H,17,18)/t11-/m1/s1. The van der Waals surface area contributed by atoms with Crippen LogP contribution < -0.4 is 5.32 Å². The molecule has 1 atom stereocenters. The summed E-state index contributed by atoms with van der Waals surface area (Å²) >= 11 is 1.31. The number of carbonyl (C=O) groups excluding carboxylic acids is 2. The first kappa shape index (κ1) is 15.3. The number of benzene rings is 1. The monoisotopic (exact) mass is 303 g/mol. The number of thiophene rings is 1. The van der Waals surface area contributed by atoms with Crippen LogP contribution in [0.5, 0.6) is 0 Å². The van der Waals surface area contributed by atoms with Crippen LogP contribution in [0.3, 0.4) is 0 Å². The summed E-state index contributed by atoms with van der Waals surface area (Å²) in [6.07, 6.45) is -0.810. The lowest BCUT2D eigenvalue weighted by atomic mass is 10.1. The molecule has 0 saturated carbocycles. The Hall–Kier alpha value is -2.14. The summed E-state index contributed by atoms with van der Waals surface area (Å²) in [5, 5.41) is 4.30. The van der Waals surface area contributed by atoms with E-state index >= 15 is 0 Å². The van der Waals surface area contributed by atoms with E-state index in [0.29, 0.717) is 4.88 Å². The Morgan fingerprint density at radius 1 is 1.19 bits per heavy atom. The Kier molecular flexibility index (Phi) is 4.75. The molecule has 0 saturated heterocycles. The Bertz CT molecular complexity index is 646. The van der Waals surface area contributed by atoms with Gasteiger partial charge >= 0.3 is 5.97 Å². The largest absolute Gasteiger partial charge is 0.448 e. The van der Waals surface area contributed by atoms with Gasteiger partial charge in [0.15, 0.2) is 6.10 Å². The zero-order chi connectivity index (χ0) is 15.4. The lowest BCUT2D eigenvalue weighted by Gasteiger charge is -2.11. The molecule has 5 heteroatoms. The highest BCUT2D eigenvalue weighted by molar-refractivity contribution is 7.12.